The molecule has 0 saturated carbocycles. The van der Waals surface area contributed by atoms with Gasteiger partial charge in [-0.3, -0.25) is 4.40 Å². The summed E-state index contributed by atoms with van der Waals surface area (Å²) in [6, 6.07) is 4.02. The molecule has 8 heteroatoms. The number of hydrogen-bond donors (Lipinski definition) is 1. The van der Waals surface area contributed by atoms with Crippen LogP contribution in [0.1, 0.15) is 0 Å². The third kappa shape index (κ3) is 2.13. The predicted molar refractivity (Wildman–Crippen MR) is 81.5 cm³/mol. The summed E-state index contributed by atoms with van der Waals surface area (Å²) >= 11 is 0. The number of pyridine rings is 1. The molecule has 0 amide bonds. The number of nitrogen functional groups attached to an aromatic ring is 1. The minimum Gasteiger partial charge on any atom is -0.378 e. The van der Waals surface area contributed by atoms with Crippen molar-refractivity contribution in [2.45, 2.75) is 0 Å². The first-order chi connectivity index (χ1) is 10.8. The van der Waals surface area contributed by atoms with Gasteiger partial charge >= 0.3 is 0 Å². The van der Waals surface area contributed by atoms with E-state index < -0.39 is 0 Å². The normalized spacial score (nSPS) is 15.4. The Hall–Kier alpha value is -2.74. The zero-order valence-electron chi connectivity index (χ0n) is 11.9. The summed E-state index contributed by atoms with van der Waals surface area (Å²) in [6.45, 7) is 3.21. The second kappa shape index (κ2) is 5.23. The lowest BCUT2D eigenvalue weighted by atomic mass is 10.1. The van der Waals surface area contributed by atoms with Gasteiger partial charge in [0.2, 0.25) is 5.95 Å². The predicted octanol–water partition coefficient (Wildman–Crippen LogP) is 0.605. The van der Waals surface area contributed by atoms with Crippen LogP contribution >= 0.6 is 0 Å². The maximum atomic E-state index is 5.81. The Morgan fingerprint density at radius 1 is 1.09 bits per heavy atom. The molecule has 4 heterocycles. The third-order valence-electron chi connectivity index (χ3n) is 3.76. The van der Waals surface area contributed by atoms with Crippen molar-refractivity contribution in [3.8, 4) is 11.1 Å². The Labute approximate surface area is 126 Å². The van der Waals surface area contributed by atoms with Gasteiger partial charge < -0.3 is 15.4 Å². The molecule has 0 bridgehead atoms. The van der Waals surface area contributed by atoms with Crippen LogP contribution in [0.15, 0.2) is 30.9 Å². The highest BCUT2D eigenvalue weighted by Crippen LogP contribution is 2.24. The average Bonchev–Trinajstić information content (AvgIpc) is 3.07. The number of hydrogen-bond acceptors (Lipinski definition) is 7. The summed E-state index contributed by atoms with van der Waals surface area (Å²) in [4.78, 5) is 10.9. The van der Waals surface area contributed by atoms with E-state index in [1.54, 1.807) is 16.9 Å². The van der Waals surface area contributed by atoms with Gasteiger partial charge in [-0.1, -0.05) is 0 Å². The molecule has 8 nitrogen and oxygen atoms in total. The SMILES string of the molecule is Nc1ncc(-c2ccc(N3CCOCC3)nc2)c2nncn12. The van der Waals surface area contributed by atoms with Crippen LogP contribution in [0.3, 0.4) is 0 Å². The summed E-state index contributed by atoms with van der Waals surface area (Å²) in [5.41, 5.74) is 8.27. The molecule has 0 atom stereocenters. The van der Waals surface area contributed by atoms with Crippen LogP contribution in [0.5, 0.6) is 0 Å². The Morgan fingerprint density at radius 2 is 1.95 bits per heavy atom. The van der Waals surface area contributed by atoms with Crippen molar-refractivity contribution in [2.75, 3.05) is 36.9 Å². The standard InChI is InChI=1S/C14H15N7O/c15-14-17-8-11(13-19-18-9-21(13)14)10-1-2-12(16-7-10)20-3-5-22-6-4-20/h1-2,7-9H,3-6H2,(H2,15,17). The molecule has 1 aliphatic heterocycles. The maximum Gasteiger partial charge on any atom is 0.207 e. The highest BCUT2D eigenvalue weighted by molar-refractivity contribution is 5.77. The number of morpholine rings is 1. The van der Waals surface area contributed by atoms with E-state index in [1.165, 1.54) is 0 Å². The molecule has 0 aliphatic carbocycles. The summed E-state index contributed by atoms with van der Waals surface area (Å²) < 4.78 is 7.02. The molecule has 3 aromatic rings. The summed E-state index contributed by atoms with van der Waals surface area (Å²) in [5, 5.41) is 8.00. The van der Waals surface area contributed by atoms with E-state index in [1.807, 2.05) is 18.3 Å². The van der Waals surface area contributed by atoms with Crippen LogP contribution < -0.4 is 10.6 Å². The quantitative estimate of drug-likeness (QED) is 0.740. The molecule has 4 rings (SSSR count). The molecule has 0 aromatic carbocycles. The van der Waals surface area contributed by atoms with E-state index >= 15 is 0 Å². The van der Waals surface area contributed by atoms with E-state index in [0.29, 0.717) is 11.6 Å². The number of rotatable bonds is 2. The van der Waals surface area contributed by atoms with E-state index in [0.717, 1.165) is 43.2 Å². The lowest BCUT2D eigenvalue weighted by Crippen LogP contribution is -2.36. The van der Waals surface area contributed by atoms with Gasteiger partial charge in [0, 0.05) is 36.6 Å². The first-order valence-corrected chi connectivity index (χ1v) is 7.06. The van der Waals surface area contributed by atoms with Gasteiger partial charge in [-0.05, 0) is 12.1 Å². The Bertz CT molecular complexity index is 793. The summed E-state index contributed by atoms with van der Waals surface area (Å²) in [5.74, 6) is 1.31. The minimum atomic E-state index is 0.363. The number of nitrogens with zero attached hydrogens (tertiary/aromatic N) is 6. The molecule has 22 heavy (non-hydrogen) atoms. The highest BCUT2D eigenvalue weighted by atomic mass is 16.5. The Balaban J connectivity index is 1.70. The van der Waals surface area contributed by atoms with E-state index in [-0.39, 0.29) is 0 Å². The van der Waals surface area contributed by atoms with Crippen LogP contribution in [0.2, 0.25) is 0 Å². The first-order valence-electron chi connectivity index (χ1n) is 7.06. The van der Waals surface area contributed by atoms with E-state index in [4.69, 9.17) is 10.5 Å². The lowest BCUT2D eigenvalue weighted by Gasteiger charge is -2.27. The van der Waals surface area contributed by atoms with Crippen molar-refractivity contribution in [3.63, 3.8) is 0 Å². The molecule has 0 unspecified atom stereocenters. The average molecular weight is 297 g/mol. The number of nitrogens with two attached hydrogens (primary N) is 1. The number of aromatic nitrogens is 5. The summed E-state index contributed by atoms with van der Waals surface area (Å²) in [7, 11) is 0. The maximum absolute atomic E-state index is 5.81. The number of fused-ring (bicyclic) bond motifs is 1. The minimum absolute atomic E-state index is 0.363. The Morgan fingerprint density at radius 3 is 2.73 bits per heavy atom. The molecule has 1 fully saturated rings. The van der Waals surface area contributed by atoms with Crippen LogP contribution in [0.25, 0.3) is 16.8 Å². The fourth-order valence-corrected chi connectivity index (χ4v) is 2.57. The zero-order chi connectivity index (χ0) is 14.9. The lowest BCUT2D eigenvalue weighted by molar-refractivity contribution is 0.122. The van der Waals surface area contributed by atoms with Gasteiger partial charge in [0.1, 0.15) is 12.1 Å². The van der Waals surface area contributed by atoms with Gasteiger partial charge in [-0.15, -0.1) is 10.2 Å². The molecule has 0 spiro atoms. The van der Waals surface area contributed by atoms with Gasteiger partial charge in [0.25, 0.3) is 0 Å². The molecule has 1 saturated heterocycles. The number of ether oxygens (including phenoxy) is 1. The van der Waals surface area contributed by atoms with Crippen molar-refractivity contribution in [1.29, 1.82) is 0 Å². The fraction of sp³-hybridized carbons (Fsp3) is 0.286. The fourth-order valence-electron chi connectivity index (χ4n) is 2.57. The molecule has 3 aromatic heterocycles. The molecule has 2 N–H and O–H groups in total. The largest absolute Gasteiger partial charge is 0.378 e. The van der Waals surface area contributed by atoms with Crippen molar-refractivity contribution >= 4 is 17.4 Å². The molecular formula is C14H15N7O. The highest BCUT2D eigenvalue weighted by Gasteiger charge is 2.14. The van der Waals surface area contributed by atoms with Crippen molar-refractivity contribution in [3.05, 3.63) is 30.9 Å². The first kappa shape index (κ1) is 13.0. The van der Waals surface area contributed by atoms with Crippen LogP contribution in [-0.4, -0.2) is 50.9 Å². The smallest absolute Gasteiger partial charge is 0.207 e. The molecule has 1 aliphatic rings. The molecule has 112 valence electrons. The number of anilines is 2. The molecule has 0 radical (unpaired) electrons. The van der Waals surface area contributed by atoms with Crippen LogP contribution in [0, 0.1) is 0 Å². The molecular weight excluding hydrogens is 282 g/mol. The van der Waals surface area contributed by atoms with Crippen molar-refractivity contribution in [1.82, 2.24) is 24.6 Å². The van der Waals surface area contributed by atoms with Crippen LogP contribution in [0.4, 0.5) is 11.8 Å². The van der Waals surface area contributed by atoms with Gasteiger partial charge in [0.05, 0.1) is 13.2 Å². The van der Waals surface area contributed by atoms with Gasteiger partial charge in [-0.25, -0.2) is 9.97 Å². The summed E-state index contributed by atoms with van der Waals surface area (Å²) in [6.07, 6.45) is 5.08. The second-order valence-electron chi connectivity index (χ2n) is 5.06. The van der Waals surface area contributed by atoms with Crippen molar-refractivity contribution < 1.29 is 4.74 Å². The second-order valence-corrected chi connectivity index (χ2v) is 5.06. The monoisotopic (exact) mass is 297 g/mol. The third-order valence-corrected chi connectivity index (χ3v) is 3.76. The topological polar surface area (TPSA) is 94.5 Å². The van der Waals surface area contributed by atoms with Crippen LogP contribution in [-0.2, 0) is 4.74 Å². The van der Waals surface area contributed by atoms with E-state index in [9.17, 15) is 0 Å². The Kier molecular flexibility index (Phi) is 3.08. The van der Waals surface area contributed by atoms with Gasteiger partial charge in [-0.2, -0.15) is 0 Å². The van der Waals surface area contributed by atoms with Crippen molar-refractivity contribution in [2.24, 2.45) is 0 Å². The zero-order valence-corrected chi connectivity index (χ0v) is 11.9. The van der Waals surface area contributed by atoms with E-state index in [2.05, 4.69) is 25.1 Å². The van der Waals surface area contributed by atoms with Gasteiger partial charge in [0.15, 0.2) is 5.65 Å².